The molecule has 0 radical (unpaired) electrons. The van der Waals surface area contributed by atoms with Crippen LogP contribution in [0.3, 0.4) is 0 Å². The zero-order chi connectivity index (χ0) is 21.0. The highest BCUT2D eigenvalue weighted by atomic mass is 16.5. The van der Waals surface area contributed by atoms with E-state index in [1.165, 1.54) is 0 Å². The zero-order valence-electron chi connectivity index (χ0n) is 16.7. The van der Waals surface area contributed by atoms with Gasteiger partial charge in [0.25, 0.3) is 5.91 Å². The lowest BCUT2D eigenvalue weighted by Crippen LogP contribution is -2.16. The number of anilines is 1. The van der Waals surface area contributed by atoms with E-state index < -0.39 is 5.97 Å². The van der Waals surface area contributed by atoms with Crippen LogP contribution in [0.5, 0.6) is 5.75 Å². The van der Waals surface area contributed by atoms with Crippen molar-refractivity contribution in [3.8, 4) is 11.6 Å². The lowest BCUT2D eigenvalue weighted by atomic mass is 10.2. The van der Waals surface area contributed by atoms with Gasteiger partial charge in [-0.2, -0.15) is 5.10 Å². The van der Waals surface area contributed by atoms with Crippen LogP contribution < -0.4 is 10.1 Å². The molecule has 152 valence electrons. The SMILES string of the molecule is Cc1ccc(C)n1-c1c(C(=O)Nc2ccc(OCCCC(=O)O)cc2)cnn1C. The minimum absolute atomic E-state index is 0.0714. The molecule has 29 heavy (non-hydrogen) atoms. The Balaban J connectivity index is 1.69. The number of aromatic nitrogens is 3. The molecular formula is C21H24N4O4. The highest BCUT2D eigenvalue weighted by molar-refractivity contribution is 6.06. The highest BCUT2D eigenvalue weighted by Crippen LogP contribution is 2.22. The summed E-state index contributed by atoms with van der Waals surface area (Å²) in [7, 11) is 1.81. The summed E-state index contributed by atoms with van der Waals surface area (Å²) in [6.07, 6.45) is 2.07. The molecule has 0 aliphatic carbocycles. The van der Waals surface area contributed by atoms with Gasteiger partial charge in [0.15, 0.2) is 0 Å². The largest absolute Gasteiger partial charge is 0.494 e. The maximum atomic E-state index is 12.9. The van der Waals surface area contributed by atoms with Crippen LogP contribution in [-0.2, 0) is 11.8 Å². The summed E-state index contributed by atoms with van der Waals surface area (Å²) in [5, 5.41) is 15.8. The van der Waals surface area contributed by atoms with Crippen LogP contribution in [-0.4, -0.2) is 37.9 Å². The number of carbonyl (C=O) groups excluding carboxylic acids is 1. The molecular weight excluding hydrogens is 372 g/mol. The number of hydrogen-bond acceptors (Lipinski definition) is 4. The topological polar surface area (TPSA) is 98.4 Å². The number of carbonyl (C=O) groups is 2. The lowest BCUT2D eigenvalue weighted by molar-refractivity contribution is -0.137. The standard InChI is InChI=1S/C21H24N4O4/c1-14-6-7-15(2)25(14)21-18(13-22-24(21)3)20(28)23-16-8-10-17(11-9-16)29-12-4-5-19(26)27/h6-11,13H,4-5,12H2,1-3H3,(H,23,28)(H,26,27). The van der Waals surface area contributed by atoms with E-state index in [-0.39, 0.29) is 12.3 Å². The quantitative estimate of drug-likeness (QED) is 0.569. The van der Waals surface area contributed by atoms with Gasteiger partial charge in [-0.05, 0) is 56.7 Å². The van der Waals surface area contributed by atoms with Crippen molar-refractivity contribution < 1.29 is 19.4 Å². The van der Waals surface area contributed by atoms with Gasteiger partial charge in [-0.15, -0.1) is 0 Å². The minimum Gasteiger partial charge on any atom is -0.494 e. The van der Waals surface area contributed by atoms with E-state index in [0.717, 1.165) is 11.4 Å². The number of carboxylic acid groups (broad SMARTS) is 1. The summed E-state index contributed by atoms with van der Waals surface area (Å²) < 4.78 is 9.19. The fourth-order valence-corrected chi connectivity index (χ4v) is 3.11. The number of rotatable bonds is 8. The number of carboxylic acids is 1. The van der Waals surface area contributed by atoms with Gasteiger partial charge < -0.3 is 19.7 Å². The van der Waals surface area contributed by atoms with Crippen molar-refractivity contribution in [1.82, 2.24) is 14.3 Å². The van der Waals surface area contributed by atoms with Crippen LogP contribution in [0.15, 0.2) is 42.6 Å². The predicted octanol–water partition coefficient (Wildman–Crippen LogP) is 3.32. The first kappa shape index (κ1) is 20.2. The van der Waals surface area contributed by atoms with Gasteiger partial charge in [0, 0.05) is 30.5 Å². The fraction of sp³-hybridized carbons (Fsp3) is 0.286. The van der Waals surface area contributed by atoms with E-state index in [9.17, 15) is 9.59 Å². The first-order valence-corrected chi connectivity index (χ1v) is 9.30. The average molecular weight is 396 g/mol. The molecule has 2 N–H and O–H groups in total. The molecule has 0 bridgehead atoms. The Labute approximate surface area is 168 Å². The third-order valence-electron chi connectivity index (χ3n) is 4.55. The van der Waals surface area contributed by atoms with Crippen molar-refractivity contribution in [3.63, 3.8) is 0 Å². The number of hydrogen-bond donors (Lipinski definition) is 2. The van der Waals surface area contributed by atoms with E-state index >= 15 is 0 Å². The Kier molecular flexibility index (Phi) is 6.01. The Morgan fingerprint density at radius 3 is 2.38 bits per heavy atom. The molecule has 8 nitrogen and oxygen atoms in total. The molecule has 0 spiro atoms. The zero-order valence-corrected chi connectivity index (χ0v) is 16.7. The van der Waals surface area contributed by atoms with Crippen molar-refractivity contribution in [2.75, 3.05) is 11.9 Å². The second kappa shape index (κ2) is 8.64. The smallest absolute Gasteiger partial charge is 0.303 e. The number of aliphatic carboxylic acids is 1. The second-order valence-electron chi connectivity index (χ2n) is 6.78. The molecule has 2 heterocycles. The summed E-state index contributed by atoms with van der Waals surface area (Å²) in [6, 6.07) is 11.0. The van der Waals surface area contributed by atoms with E-state index in [1.54, 1.807) is 35.1 Å². The molecule has 0 aliphatic rings. The molecule has 3 rings (SSSR count). The molecule has 8 heteroatoms. The third kappa shape index (κ3) is 4.66. The van der Waals surface area contributed by atoms with Gasteiger partial charge >= 0.3 is 5.97 Å². The van der Waals surface area contributed by atoms with Crippen LogP contribution in [0.25, 0.3) is 5.82 Å². The van der Waals surface area contributed by atoms with E-state index in [0.29, 0.717) is 35.8 Å². The average Bonchev–Trinajstić information content (AvgIpc) is 3.21. The van der Waals surface area contributed by atoms with Crippen LogP contribution in [0.1, 0.15) is 34.6 Å². The molecule has 0 fully saturated rings. The molecule has 0 saturated heterocycles. The van der Waals surface area contributed by atoms with Crippen LogP contribution in [0.4, 0.5) is 5.69 Å². The number of aryl methyl sites for hydroxylation is 3. The first-order valence-electron chi connectivity index (χ1n) is 9.30. The van der Waals surface area contributed by atoms with Crippen molar-refractivity contribution in [1.29, 1.82) is 0 Å². The normalized spacial score (nSPS) is 10.7. The summed E-state index contributed by atoms with van der Waals surface area (Å²) in [5.74, 6) is 0.234. The molecule has 3 aromatic rings. The molecule has 0 unspecified atom stereocenters. The summed E-state index contributed by atoms with van der Waals surface area (Å²) in [6.45, 7) is 4.29. The van der Waals surface area contributed by atoms with E-state index in [1.807, 2.05) is 37.6 Å². The molecule has 0 atom stereocenters. The molecule has 0 saturated carbocycles. The van der Waals surface area contributed by atoms with Crippen molar-refractivity contribution >= 4 is 17.6 Å². The fourth-order valence-electron chi connectivity index (χ4n) is 3.11. The number of nitrogens with one attached hydrogen (secondary N) is 1. The van der Waals surface area contributed by atoms with Gasteiger partial charge in [0.2, 0.25) is 0 Å². The summed E-state index contributed by atoms with van der Waals surface area (Å²) in [5.41, 5.74) is 3.14. The van der Waals surface area contributed by atoms with Gasteiger partial charge in [0.1, 0.15) is 17.1 Å². The van der Waals surface area contributed by atoms with E-state index in [4.69, 9.17) is 9.84 Å². The summed E-state index contributed by atoms with van der Waals surface area (Å²) in [4.78, 5) is 23.4. The Bertz CT molecular complexity index is 998. The van der Waals surface area contributed by atoms with Crippen molar-refractivity contribution in [2.24, 2.45) is 7.05 Å². The van der Waals surface area contributed by atoms with Crippen molar-refractivity contribution in [2.45, 2.75) is 26.7 Å². The first-order chi connectivity index (χ1) is 13.9. The summed E-state index contributed by atoms with van der Waals surface area (Å²) >= 11 is 0. The number of benzene rings is 1. The van der Waals surface area contributed by atoms with Crippen LogP contribution in [0.2, 0.25) is 0 Å². The van der Waals surface area contributed by atoms with Crippen LogP contribution in [0, 0.1) is 13.8 Å². The Morgan fingerprint density at radius 1 is 1.10 bits per heavy atom. The second-order valence-corrected chi connectivity index (χ2v) is 6.78. The third-order valence-corrected chi connectivity index (χ3v) is 4.55. The lowest BCUT2D eigenvalue weighted by Gasteiger charge is -2.13. The van der Waals surface area contributed by atoms with Crippen LogP contribution >= 0.6 is 0 Å². The molecule has 1 aromatic carbocycles. The molecule has 1 amide bonds. The number of ether oxygens (including phenoxy) is 1. The Hall–Kier alpha value is -3.55. The highest BCUT2D eigenvalue weighted by Gasteiger charge is 2.20. The van der Waals surface area contributed by atoms with E-state index in [2.05, 4.69) is 10.4 Å². The monoisotopic (exact) mass is 396 g/mol. The molecule has 2 aromatic heterocycles. The van der Waals surface area contributed by atoms with Gasteiger partial charge in [0.05, 0.1) is 12.8 Å². The molecule has 0 aliphatic heterocycles. The number of amides is 1. The van der Waals surface area contributed by atoms with Gasteiger partial charge in [-0.3, -0.25) is 14.3 Å². The van der Waals surface area contributed by atoms with Gasteiger partial charge in [-0.25, -0.2) is 0 Å². The Morgan fingerprint density at radius 2 is 1.76 bits per heavy atom. The maximum absolute atomic E-state index is 12.9. The van der Waals surface area contributed by atoms with Crippen molar-refractivity contribution in [3.05, 3.63) is 59.5 Å². The number of nitrogens with zero attached hydrogens (tertiary/aromatic N) is 3. The van der Waals surface area contributed by atoms with Gasteiger partial charge in [-0.1, -0.05) is 0 Å². The maximum Gasteiger partial charge on any atom is 0.303 e. The predicted molar refractivity (Wildman–Crippen MR) is 109 cm³/mol. The minimum atomic E-state index is -0.841.